The number of benzene rings is 5. The van der Waals surface area contributed by atoms with Crippen molar-refractivity contribution in [2.24, 2.45) is 0 Å². The number of aromatic nitrogens is 1. The summed E-state index contributed by atoms with van der Waals surface area (Å²) >= 11 is 0. The maximum absolute atomic E-state index is 5.71. The Morgan fingerprint density at radius 3 is 1.36 bits per heavy atom. The summed E-state index contributed by atoms with van der Waals surface area (Å²) in [6.07, 6.45) is 8.66. The van der Waals surface area contributed by atoms with E-state index in [1.54, 1.807) is 14.2 Å². The number of hydrogen-bond acceptors (Lipinski definition) is 2. The molecule has 0 bridgehead atoms. The summed E-state index contributed by atoms with van der Waals surface area (Å²) in [6, 6.07) is 46.4. The molecular formula is C41H35NO2. The molecule has 0 aliphatic heterocycles. The second-order valence-corrected chi connectivity index (χ2v) is 10.7. The number of rotatable bonds is 9. The predicted octanol–water partition coefficient (Wildman–Crippen LogP) is 10.5. The van der Waals surface area contributed by atoms with Gasteiger partial charge in [0.15, 0.2) is 0 Å². The number of nitrogens with zero attached hydrogens (tertiary/aromatic N) is 1. The number of ether oxygens (including phenoxy) is 2. The Bertz CT molecular complexity index is 1800. The third kappa shape index (κ3) is 6.28. The van der Waals surface area contributed by atoms with E-state index >= 15 is 0 Å². The molecule has 0 amide bonds. The summed E-state index contributed by atoms with van der Waals surface area (Å²) in [7, 11) is 3.43. The average molecular weight is 574 g/mol. The van der Waals surface area contributed by atoms with Crippen molar-refractivity contribution < 1.29 is 9.47 Å². The van der Waals surface area contributed by atoms with Gasteiger partial charge in [0.25, 0.3) is 0 Å². The van der Waals surface area contributed by atoms with E-state index in [2.05, 4.69) is 145 Å². The Labute approximate surface area is 260 Å². The van der Waals surface area contributed by atoms with Gasteiger partial charge in [-0.15, -0.1) is 0 Å². The first-order valence-corrected chi connectivity index (χ1v) is 14.7. The van der Waals surface area contributed by atoms with Crippen molar-refractivity contribution in [3.8, 4) is 39.7 Å². The lowest BCUT2D eigenvalue weighted by molar-refractivity contribution is 0.415. The first kappa shape index (κ1) is 28.6. The molecular weight excluding hydrogens is 538 g/mol. The third-order valence-electron chi connectivity index (χ3n) is 7.76. The van der Waals surface area contributed by atoms with Gasteiger partial charge < -0.3 is 14.0 Å². The van der Waals surface area contributed by atoms with Gasteiger partial charge in [-0.2, -0.15) is 0 Å². The van der Waals surface area contributed by atoms with E-state index in [0.717, 1.165) is 62.0 Å². The van der Waals surface area contributed by atoms with Crippen molar-refractivity contribution >= 4 is 24.3 Å². The van der Waals surface area contributed by atoms with Gasteiger partial charge in [0, 0.05) is 16.8 Å². The molecule has 0 unspecified atom stereocenters. The molecule has 0 saturated heterocycles. The lowest BCUT2D eigenvalue weighted by atomic mass is 10.0. The van der Waals surface area contributed by atoms with Crippen molar-refractivity contribution in [2.45, 2.75) is 6.92 Å². The largest absolute Gasteiger partial charge is 0.497 e. The second kappa shape index (κ2) is 13.2. The van der Waals surface area contributed by atoms with Gasteiger partial charge in [-0.25, -0.2) is 0 Å². The standard InChI is InChI=1S/C41H35NO2/c1-30-14-22-35(23-15-30)42-40(38-28-36(43-2)24-20-33(38)18-16-31-10-6-4-7-11-31)26-27-41(42)39-29-37(44-3)25-21-34(39)19-17-32-12-8-5-9-13-32/h4-29H,1-3H3/b18-16+,19-17+. The number of aryl methyl sites for hydroxylation is 1. The maximum atomic E-state index is 5.71. The van der Waals surface area contributed by atoms with Crippen molar-refractivity contribution in [3.63, 3.8) is 0 Å². The molecule has 6 rings (SSSR count). The van der Waals surface area contributed by atoms with Gasteiger partial charge >= 0.3 is 0 Å². The van der Waals surface area contributed by atoms with Gasteiger partial charge in [-0.1, -0.05) is 115 Å². The molecule has 216 valence electrons. The lowest BCUT2D eigenvalue weighted by Gasteiger charge is -2.18. The Balaban J connectivity index is 1.56. The maximum Gasteiger partial charge on any atom is 0.119 e. The van der Waals surface area contributed by atoms with Crippen LogP contribution >= 0.6 is 0 Å². The fourth-order valence-electron chi connectivity index (χ4n) is 5.39. The molecule has 0 radical (unpaired) electrons. The van der Waals surface area contributed by atoms with Crippen LogP contribution in [-0.4, -0.2) is 18.8 Å². The third-order valence-corrected chi connectivity index (χ3v) is 7.76. The molecule has 0 fully saturated rings. The molecule has 5 aromatic carbocycles. The summed E-state index contributed by atoms with van der Waals surface area (Å²) in [5.74, 6) is 1.62. The van der Waals surface area contributed by atoms with Crippen molar-refractivity contribution in [1.82, 2.24) is 4.57 Å². The fraction of sp³-hybridized carbons (Fsp3) is 0.0732. The van der Waals surface area contributed by atoms with Gasteiger partial charge in [-0.05, 0) is 77.7 Å². The molecule has 3 nitrogen and oxygen atoms in total. The first-order valence-electron chi connectivity index (χ1n) is 14.7. The first-order chi connectivity index (χ1) is 21.6. The van der Waals surface area contributed by atoms with Crippen LogP contribution in [0.5, 0.6) is 11.5 Å². The van der Waals surface area contributed by atoms with Crippen LogP contribution in [0.3, 0.4) is 0 Å². The molecule has 44 heavy (non-hydrogen) atoms. The predicted molar refractivity (Wildman–Crippen MR) is 185 cm³/mol. The minimum Gasteiger partial charge on any atom is -0.497 e. The molecule has 0 aliphatic rings. The second-order valence-electron chi connectivity index (χ2n) is 10.7. The van der Waals surface area contributed by atoms with Crippen molar-refractivity contribution in [3.05, 3.63) is 161 Å². The van der Waals surface area contributed by atoms with Crippen LogP contribution in [-0.2, 0) is 0 Å². The Hall–Kier alpha value is -5.54. The molecule has 0 spiro atoms. The van der Waals surface area contributed by atoms with Gasteiger partial charge in [0.2, 0.25) is 0 Å². The van der Waals surface area contributed by atoms with E-state index < -0.39 is 0 Å². The minimum atomic E-state index is 0.808. The molecule has 0 aliphatic carbocycles. The summed E-state index contributed by atoms with van der Waals surface area (Å²) in [6.45, 7) is 2.12. The zero-order valence-electron chi connectivity index (χ0n) is 25.3. The van der Waals surface area contributed by atoms with E-state index in [9.17, 15) is 0 Å². The zero-order valence-corrected chi connectivity index (χ0v) is 25.3. The van der Waals surface area contributed by atoms with Crippen LogP contribution in [0.2, 0.25) is 0 Å². The summed E-state index contributed by atoms with van der Waals surface area (Å²) in [4.78, 5) is 0. The van der Waals surface area contributed by atoms with Crippen LogP contribution in [0.1, 0.15) is 27.8 Å². The molecule has 1 heterocycles. The van der Waals surface area contributed by atoms with Crippen molar-refractivity contribution in [2.75, 3.05) is 14.2 Å². The highest BCUT2D eigenvalue weighted by atomic mass is 16.5. The SMILES string of the molecule is COc1ccc(/C=C/c2ccccc2)c(-c2ccc(-c3cc(OC)ccc3/C=C/c3ccccc3)n2-c2ccc(C)cc2)c1. The summed E-state index contributed by atoms with van der Waals surface area (Å²) < 4.78 is 13.8. The normalized spacial score (nSPS) is 11.3. The monoisotopic (exact) mass is 573 g/mol. The van der Waals surface area contributed by atoms with E-state index in [1.165, 1.54) is 5.56 Å². The topological polar surface area (TPSA) is 23.4 Å². The molecule has 6 aromatic rings. The average Bonchev–Trinajstić information content (AvgIpc) is 3.52. The molecule has 0 saturated carbocycles. The highest BCUT2D eigenvalue weighted by Gasteiger charge is 2.18. The highest BCUT2D eigenvalue weighted by molar-refractivity contribution is 5.86. The number of hydrogen-bond donors (Lipinski definition) is 0. The van der Waals surface area contributed by atoms with Crippen LogP contribution in [0.15, 0.2) is 133 Å². The van der Waals surface area contributed by atoms with Crippen LogP contribution in [0.25, 0.3) is 52.5 Å². The Morgan fingerprint density at radius 1 is 0.477 bits per heavy atom. The van der Waals surface area contributed by atoms with E-state index in [-0.39, 0.29) is 0 Å². The van der Waals surface area contributed by atoms with E-state index in [4.69, 9.17) is 9.47 Å². The zero-order chi connectivity index (χ0) is 30.3. The fourth-order valence-corrected chi connectivity index (χ4v) is 5.39. The minimum absolute atomic E-state index is 0.808. The smallest absolute Gasteiger partial charge is 0.119 e. The number of methoxy groups -OCH3 is 2. The highest BCUT2D eigenvalue weighted by Crippen LogP contribution is 2.39. The van der Waals surface area contributed by atoms with Gasteiger partial charge in [0.05, 0.1) is 25.6 Å². The van der Waals surface area contributed by atoms with Crippen LogP contribution in [0, 0.1) is 6.92 Å². The van der Waals surface area contributed by atoms with Gasteiger partial charge in [-0.3, -0.25) is 0 Å². The quantitative estimate of drug-likeness (QED) is 0.161. The van der Waals surface area contributed by atoms with E-state index in [0.29, 0.717) is 0 Å². The van der Waals surface area contributed by atoms with E-state index in [1.807, 2.05) is 24.3 Å². The van der Waals surface area contributed by atoms with Crippen molar-refractivity contribution in [1.29, 1.82) is 0 Å². The summed E-state index contributed by atoms with van der Waals surface area (Å²) in [5, 5.41) is 0. The van der Waals surface area contributed by atoms with Crippen LogP contribution in [0.4, 0.5) is 0 Å². The lowest BCUT2D eigenvalue weighted by Crippen LogP contribution is -2.02. The Morgan fingerprint density at radius 2 is 0.932 bits per heavy atom. The Kier molecular flexibility index (Phi) is 8.56. The molecule has 0 N–H and O–H groups in total. The summed E-state index contributed by atoms with van der Waals surface area (Å²) in [5.41, 5.74) is 11.1. The molecule has 1 aromatic heterocycles. The van der Waals surface area contributed by atoms with Gasteiger partial charge in [0.1, 0.15) is 11.5 Å². The van der Waals surface area contributed by atoms with Crippen LogP contribution < -0.4 is 9.47 Å². The molecule has 3 heteroatoms. The molecule has 0 atom stereocenters.